The van der Waals surface area contributed by atoms with E-state index in [9.17, 15) is 0 Å². The molecule has 8 heteroatoms. The van der Waals surface area contributed by atoms with E-state index in [1.807, 2.05) is 42.1 Å². The Hall–Kier alpha value is -3.81. The molecule has 1 N–H and O–H groups in total. The van der Waals surface area contributed by atoms with Gasteiger partial charge in [0.25, 0.3) is 0 Å². The van der Waals surface area contributed by atoms with Crippen LogP contribution >= 0.6 is 0 Å². The average molecular weight is 391 g/mol. The van der Waals surface area contributed by atoms with Crippen molar-refractivity contribution >= 4 is 22.7 Å². The van der Waals surface area contributed by atoms with Crippen LogP contribution in [0.1, 0.15) is 5.69 Å². The highest BCUT2D eigenvalue weighted by molar-refractivity contribution is 5.79. The molecule has 4 aromatic rings. The second kappa shape index (κ2) is 7.67. The molecule has 0 saturated heterocycles. The predicted octanol–water partition coefficient (Wildman–Crippen LogP) is 3.89. The van der Waals surface area contributed by atoms with Gasteiger partial charge in [0, 0.05) is 41.3 Å². The summed E-state index contributed by atoms with van der Waals surface area (Å²) in [4.78, 5) is 13.5. The molecule has 0 radical (unpaired) electrons. The maximum atomic E-state index is 5.40. The third-order valence-electron chi connectivity index (χ3n) is 4.52. The van der Waals surface area contributed by atoms with Gasteiger partial charge in [-0.25, -0.2) is 4.98 Å². The number of pyridine rings is 1. The van der Waals surface area contributed by atoms with E-state index >= 15 is 0 Å². The lowest BCUT2D eigenvalue weighted by Crippen LogP contribution is -2.02. The van der Waals surface area contributed by atoms with Gasteiger partial charge in [-0.3, -0.25) is 9.55 Å². The smallest absolute Gasteiger partial charge is 0.229 e. The minimum Gasteiger partial charge on any atom is -0.493 e. The third-order valence-corrected chi connectivity index (χ3v) is 4.52. The van der Waals surface area contributed by atoms with E-state index in [0.717, 1.165) is 22.4 Å². The van der Waals surface area contributed by atoms with E-state index in [2.05, 4.69) is 20.3 Å². The summed E-state index contributed by atoms with van der Waals surface area (Å²) in [6, 6.07) is 9.56. The van der Waals surface area contributed by atoms with Crippen LogP contribution in [0.25, 0.3) is 16.7 Å². The first kappa shape index (κ1) is 18.5. The molecule has 29 heavy (non-hydrogen) atoms. The molecule has 0 fully saturated rings. The van der Waals surface area contributed by atoms with Gasteiger partial charge in [-0.05, 0) is 25.1 Å². The van der Waals surface area contributed by atoms with E-state index in [4.69, 9.17) is 14.2 Å². The second-order valence-corrected chi connectivity index (χ2v) is 6.36. The number of hydrogen-bond donors (Lipinski definition) is 1. The zero-order valence-corrected chi connectivity index (χ0v) is 16.6. The Kier molecular flexibility index (Phi) is 4.90. The molecule has 8 nitrogen and oxygen atoms in total. The normalized spacial score (nSPS) is 10.8. The number of nitrogens with one attached hydrogen (secondary N) is 1. The fourth-order valence-corrected chi connectivity index (χ4v) is 3.07. The summed E-state index contributed by atoms with van der Waals surface area (Å²) in [5.74, 6) is 2.07. The highest BCUT2D eigenvalue weighted by atomic mass is 16.5. The highest BCUT2D eigenvalue weighted by Crippen LogP contribution is 2.40. The number of benzene rings is 1. The average Bonchev–Trinajstić information content (AvgIpc) is 3.16. The lowest BCUT2D eigenvalue weighted by atomic mass is 10.2. The van der Waals surface area contributed by atoms with Crippen molar-refractivity contribution in [2.75, 3.05) is 26.6 Å². The number of ether oxygens (including phenoxy) is 3. The van der Waals surface area contributed by atoms with Crippen molar-refractivity contribution in [3.8, 4) is 22.9 Å². The monoisotopic (exact) mass is 391 g/mol. The summed E-state index contributed by atoms with van der Waals surface area (Å²) in [5.41, 5.74) is 3.39. The molecule has 0 aliphatic rings. The summed E-state index contributed by atoms with van der Waals surface area (Å²) in [7, 11) is 4.72. The summed E-state index contributed by atoms with van der Waals surface area (Å²) in [6.07, 6.45) is 5.55. The maximum Gasteiger partial charge on any atom is 0.229 e. The van der Waals surface area contributed by atoms with Crippen molar-refractivity contribution in [2.24, 2.45) is 0 Å². The maximum absolute atomic E-state index is 5.40. The summed E-state index contributed by atoms with van der Waals surface area (Å²) < 4.78 is 18.2. The van der Waals surface area contributed by atoms with Crippen LogP contribution in [0.15, 0.2) is 48.9 Å². The second-order valence-electron chi connectivity index (χ2n) is 6.36. The highest BCUT2D eigenvalue weighted by Gasteiger charge is 2.14. The molecule has 148 valence electrons. The van der Waals surface area contributed by atoms with Crippen LogP contribution in [0.2, 0.25) is 0 Å². The first-order chi connectivity index (χ1) is 14.1. The van der Waals surface area contributed by atoms with Crippen LogP contribution in [0.3, 0.4) is 0 Å². The van der Waals surface area contributed by atoms with Crippen molar-refractivity contribution in [1.82, 2.24) is 19.5 Å². The topological polar surface area (TPSA) is 83.3 Å². The van der Waals surface area contributed by atoms with E-state index in [0.29, 0.717) is 28.9 Å². The van der Waals surface area contributed by atoms with Gasteiger partial charge in [-0.2, -0.15) is 4.98 Å². The molecule has 0 unspecified atom stereocenters. The number of hydrogen-bond acceptors (Lipinski definition) is 7. The molecule has 0 spiro atoms. The summed E-state index contributed by atoms with van der Waals surface area (Å²) >= 11 is 0. The Morgan fingerprint density at radius 2 is 1.66 bits per heavy atom. The van der Waals surface area contributed by atoms with E-state index in [-0.39, 0.29) is 0 Å². The van der Waals surface area contributed by atoms with Crippen LogP contribution < -0.4 is 19.5 Å². The van der Waals surface area contributed by atoms with Gasteiger partial charge in [0.1, 0.15) is 5.65 Å². The fourth-order valence-electron chi connectivity index (χ4n) is 3.07. The quantitative estimate of drug-likeness (QED) is 0.534. The van der Waals surface area contributed by atoms with E-state index in [1.54, 1.807) is 39.7 Å². The molecule has 0 aliphatic heterocycles. The molecular formula is C21H21N5O3. The molecule has 1 aromatic carbocycles. The fraction of sp³-hybridized carbons (Fsp3) is 0.190. The minimum atomic E-state index is 0.451. The van der Waals surface area contributed by atoms with Crippen LogP contribution in [-0.2, 0) is 0 Å². The van der Waals surface area contributed by atoms with Gasteiger partial charge in [0.15, 0.2) is 11.5 Å². The molecule has 0 saturated carbocycles. The van der Waals surface area contributed by atoms with Gasteiger partial charge in [0.2, 0.25) is 11.7 Å². The van der Waals surface area contributed by atoms with Gasteiger partial charge in [-0.15, -0.1) is 0 Å². The number of rotatable bonds is 6. The number of anilines is 2. The van der Waals surface area contributed by atoms with Gasteiger partial charge in [0.05, 0.1) is 33.2 Å². The largest absolute Gasteiger partial charge is 0.493 e. The lowest BCUT2D eigenvalue weighted by molar-refractivity contribution is 0.324. The first-order valence-electron chi connectivity index (χ1n) is 8.97. The van der Waals surface area contributed by atoms with Crippen molar-refractivity contribution in [3.63, 3.8) is 0 Å². The Balaban J connectivity index is 1.72. The number of nitrogens with zero attached hydrogens (tertiary/aromatic N) is 4. The molecular weight excluding hydrogens is 370 g/mol. The Morgan fingerprint density at radius 3 is 2.28 bits per heavy atom. The van der Waals surface area contributed by atoms with Crippen LogP contribution in [0, 0.1) is 6.92 Å². The molecule has 0 amide bonds. The molecule has 3 heterocycles. The minimum absolute atomic E-state index is 0.451. The van der Waals surface area contributed by atoms with Crippen LogP contribution in [0.4, 0.5) is 11.6 Å². The molecule has 0 atom stereocenters. The molecule has 0 bridgehead atoms. The SMILES string of the molecule is COc1cc(Nc2ncc3ccn(-c4ccc(C)nc4)c3n2)cc(OC)c1OC. The van der Waals surface area contributed by atoms with Crippen LogP contribution in [0.5, 0.6) is 17.2 Å². The summed E-state index contributed by atoms with van der Waals surface area (Å²) in [6.45, 7) is 1.96. The van der Waals surface area contributed by atoms with Gasteiger partial charge in [-0.1, -0.05) is 0 Å². The molecule has 0 aliphatic carbocycles. The number of aryl methyl sites for hydroxylation is 1. The lowest BCUT2D eigenvalue weighted by Gasteiger charge is -2.14. The number of fused-ring (bicyclic) bond motifs is 1. The van der Waals surface area contributed by atoms with Crippen LogP contribution in [-0.4, -0.2) is 40.8 Å². The summed E-state index contributed by atoms with van der Waals surface area (Å²) in [5, 5.41) is 4.14. The van der Waals surface area contributed by atoms with Crippen molar-refractivity contribution in [3.05, 3.63) is 54.6 Å². The van der Waals surface area contributed by atoms with Gasteiger partial charge >= 0.3 is 0 Å². The number of aromatic nitrogens is 4. The van der Waals surface area contributed by atoms with Crippen molar-refractivity contribution < 1.29 is 14.2 Å². The predicted molar refractivity (Wildman–Crippen MR) is 111 cm³/mol. The Morgan fingerprint density at radius 1 is 0.897 bits per heavy atom. The Bertz CT molecular complexity index is 1130. The third kappa shape index (κ3) is 3.52. The van der Waals surface area contributed by atoms with E-state index < -0.39 is 0 Å². The van der Waals surface area contributed by atoms with E-state index in [1.165, 1.54) is 0 Å². The standard InChI is InChI=1S/C21H21N5O3/c1-13-5-6-16(12-22-13)26-8-7-14-11-23-21(25-20(14)26)24-15-9-17(27-2)19(29-4)18(10-15)28-3/h5-12H,1-4H3,(H,23,24,25). The van der Waals surface area contributed by atoms with Gasteiger partial charge < -0.3 is 19.5 Å². The Labute approximate surface area is 168 Å². The first-order valence-corrected chi connectivity index (χ1v) is 8.97. The van der Waals surface area contributed by atoms with Crippen molar-refractivity contribution in [2.45, 2.75) is 6.92 Å². The number of methoxy groups -OCH3 is 3. The molecule has 3 aromatic heterocycles. The zero-order chi connectivity index (χ0) is 20.4. The zero-order valence-electron chi connectivity index (χ0n) is 16.6. The van der Waals surface area contributed by atoms with Crippen molar-refractivity contribution in [1.29, 1.82) is 0 Å². The molecule has 4 rings (SSSR count).